The molecule has 1 N–H and O–H groups in total. The maximum absolute atomic E-state index is 11.6. The van der Waals surface area contributed by atoms with Gasteiger partial charge < -0.3 is 4.74 Å². The van der Waals surface area contributed by atoms with Crippen LogP contribution in [0.3, 0.4) is 0 Å². The van der Waals surface area contributed by atoms with Crippen LogP contribution in [0.4, 0.5) is 5.69 Å². The number of ether oxygens (including phenoxy) is 1. The average molecular weight is 422 g/mol. The third-order valence-electron chi connectivity index (χ3n) is 5.73. The van der Waals surface area contributed by atoms with Gasteiger partial charge in [-0.1, -0.05) is 42.0 Å². The highest BCUT2D eigenvalue weighted by molar-refractivity contribution is 7.92. The van der Waals surface area contributed by atoms with Crippen molar-refractivity contribution in [2.75, 3.05) is 18.1 Å². The van der Waals surface area contributed by atoms with Crippen LogP contribution in [0.15, 0.2) is 60.7 Å². The van der Waals surface area contributed by atoms with Gasteiger partial charge in [0.2, 0.25) is 10.0 Å². The van der Waals surface area contributed by atoms with Crippen molar-refractivity contribution in [3.8, 4) is 5.75 Å². The van der Waals surface area contributed by atoms with Gasteiger partial charge in [-0.3, -0.25) is 4.72 Å². The second-order valence-corrected chi connectivity index (χ2v) is 9.85. The van der Waals surface area contributed by atoms with E-state index in [1.807, 2.05) is 18.2 Å². The van der Waals surface area contributed by atoms with E-state index in [0.29, 0.717) is 5.69 Å². The standard InChI is InChI=1S/C25H27NO3S/c1-17-7-11-23-19(13-17)8-9-20-16-22(29-2)10-12-24(20)25(23)15-18-5-4-6-21(14-18)26-30(3,27)28/h4-7,10-14,16,25-26H,8-9,15H2,1-3H3/t25-/m0/s1. The van der Waals surface area contributed by atoms with E-state index in [2.05, 4.69) is 48.0 Å². The van der Waals surface area contributed by atoms with Crippen molar-refractivity contribution in [3.63, 3.8) is 0 Å². The fourth-order valence-electron chi connectivity index (χ4n) is 4.42. The first-order valence-electron chi connectivity index (χ1n) is 10.2. The fourth-order valence-corrected chi connectivity index (χ4v) is 4.98. The molecule has 0 saturated carbocycles. The molecule has 3 aromatic rings. The van der Waals surface area contributed by atoms with Gasteiger partial charge in [0.15, 0.2) is 0 Å². The van der Waals surface area contributed by atoms with Gasteiger partial charge in [-0.15, -0.1) is 0 Å². The van der Waals surface area contributed by atoms with Crippen LogP contribution in [0.2, 0.25) is 0 Å². The lowest BCUT2D eigenvalue weighted by Gasteiger charge is -2.22. The van der Waals surface area contributed by atoms with Crippen LogP contribution in [0.25, 0.3) is 0 Å². The minimum absolute atomic E-state index is 0.206. The molecule has 0 aliphatic heterocycles. The third kappa shape index (κ3) is 4.51. The average Bonchev–Trinajstić information content (AvgIpc) is 2.83. The zero-order chi connectivity index (χ0) is 21.3. The van der Waals surface area contributed by atoms with Crippen LogP contribution in [-0.2, 0) is 29.3 Å². The van der Waals surface area contributed by atoms with Crippen molar-refractivity contribution in [1.82, 2.24) is 0 Å². The molecule has 1 atom stereocenters. The first-order valence-corrected chi connectivity index (χ1v) is 12.0. The van der Waals surface area contributed by atoms with Gasteiger partial charge in [-0.2, -0.15) is 0 Å². The number of benzene rings is 3. The van der Waals surface area contributed by atoms with Gasteiger partial charge in [-0.25, -0.2) is 8.42 Å². The summed E-state index contributed by atoms with van der Waals surface area (Å²) in [6, 6.07) is 20.8. The Morgan fingerprint density at radius 3 is 2.37 bits per heavy atom. The first kappa shape index (κ1) is 20.5. The van der Waals surface area contributed by atoms with E-state index in [1.54, 1.807) is 13.2 Å². The number of sulfonamides is 1. The lowest BCUT2D eigenvalue weighted by atomic mass is 9.83. The lowest BCUT2D eigenvalue weighted by Crippen LogP contribution is -2.11. The molecule has 0 radical (unpaired) electrons. The van der Waals surface area contributed by atoms with Crippen molar-refractivity contribution in [2.45, 2.75) is 32.1 Å². The Labute approximate surface area is 179 Å². The molecule has 1 aliphatic rings. The van der Waals surface area contributed by atoms with E-state index in [0.717, 1.165) is 30.6 Å². The SMILES string of the molecule is COc1ccc2c(c1)CCc1cc(C)ccc1[C@@H]2Cc1cccc(NS(C)(=O)=O)c1. The van der Waals surface area contributed by atoms with Crippen molar-refractivity contribution in [1.29, 1.82) is 0 Å². The molecule has 0 amide bonds. The summed E-state index contributed by atoms with van der Waals surface area (Å²) in [5.74, 6) is 1.09. The largest absolute Gasteiger partial charge is 0.497 e. The molecule has 30 heavy (non-hydrogen) atoms. The van der Waals surface area contributed by atoms with Crippen LogP contribution in [0.5, 0.6) is 5.75 Å². The smallest absolute Gasteiger partial charge is 0.229 e. The zero-order valence-corrected chi connectivity index (χ0v) is 18.4. The van der Waals surface area contributed by atoms with E-state index in [1.165, 1.54) is 34.1 Å². The lowest BCUT2D eigenvalue weighted by molar-refractivity contribution is 0.414. The summed E-state index contributed by atoms with van der Waals surface area (Å²) >= 11 is 0. The first-order chi connectivity index (χ1) is 14.3. The predicted molar refractivity (Wildman–Crippen MR) is 122 cm³/mol. The molecule has 0 saturated heterocycles. The second kappa shape index (κ2) is 8.15. The molecule has 4 nitrogen and oxygen atoms in total. The Balaban J connectivity index is 1.77. The molecule has 0 heterocycles. The highest BCUT2D eigenvalue weighted by Gasteiger charge is 2.24. The summed E-state index contributed by atoms with van der Waals surface area (Å²) in [6.07, 6.45) is 3.96. The fraction of sp³-hybridized carbons (Fsp3) is 0.280. The van der Waals surface area contributed by atoms with Gasteiger partial charge in [0.05, 0.1) is 13.4 Å². The number of rotatable bonds is 5. The molecule has 0 aromatic heterocycles. The van der Waals surface area contributed by atoms with Crippen molar-refractivity contribution < 1.29 is 13.2 Å². The Morgan fingerprint density at radius 1 is 0.967 bits per heavy atom. The molecular weight excluding hydrogens is 394 g/mol. The Hall–Kier alpha value is -2.79. The minimum atomic E-state index is -3.31. The summed E-state index contributed by atoms with van der Waals surface area (Å²) in [4.78, 5) is 0. The topological polar surface area (TPSA) is 55.4 Å². The molecule has 0 spiro atoms. The predicted octanol–water partition coefficient (Wildman–Crippen LogP) is 4.85. The molecule has 4 rings (SSSR count). The van der Waals surface area contributed by atoms with Gasteiger partial charge in [0, 0.05) is 11.6 Å². The maximum atomic E-state index is 11.6. The van der Waals surface area contributed by atoms with Crippen LogP contribution < -0.4 is 9.46 Å². The quantitative estimate of drug-likeness (QED) is 0.641. The van der Waals surface area contributed by atoms with E-state index < -0.39 is 10.0 Å². The van der Waals surface area contributed by atoms with Crippen LogP contribution in [-0.4, -0.2) is 21.8 Å². The second-order valence-electron chi connectivity index (χ2n) is 8.10. The van der Waals surface area contributed by atoms with Crippen LogP contribution in [0.1, 0.15) is 39.3 Å². The van der Waals surface area contributed by atoms with E-state index in [9.17, 15) is 8.42 Å². The van der Waals surface area contributed by atoms with E-state index >= 15 is 0 Å². The third-order valence-corrected chi connectivity index (χ3v) is 6.34. The van der Waals surface area contributed by atoms with Crippen molar-refractivity contribution >= 4 is 15.7 Å². The number of aryl methyl sites for hydroxylation is 3. The Kier molecular flexibility index (Phi) is 5.56. The van der Waals surface area contributed by atoms with Crippen LogP contribution >= 0.6 is 0 Å². The molecule has 5 heteroatoms. The highest BCUT2D eigenvalue weighted by Crippen LogP contribution is 2.38. The monoisotopic (exact) mass is 421 g/mol. The van der Waals surface area contributed by atoms with Gasteiger partial charge in [-0.05, 0) is 78.3 Å². The number of hydrogen-bond acceptors (Lipinski definition) is 3. The maximum Gasteiger partial charge on any atom is 0.229 e. The molecule has 156 valence electrons. The van der Waals surface area contributed by atoms with Crippen molar-refractivity contribution in [3.05, 3.63) is 94.0 Å². The van der Waals surface area contributed by atoms with Gasteiger partial charge in [0.1, 0.15) is 5.75 Å². The summed E-state index contributed by atoms with van der Waals surface area (Å²) in [7, 11) is -1.60. The number of fused-ring (bicyclic) bond motifs is 2. The summed E-state index contributed by atoms with van der Waals surface area (Å²) < 4.78 is 31.3. The van der Waals surface area contributed by atoms with E-state index in [-0.39, 0.29) is 5.92 Å². The summed E-state index contributed by atoms with van der Waals surface area (Å²) in [6.45, 7) is 2.14. The number of methoxy groups -OCH3 is 1. The summed E-state index contributed by atoms with van der Waals surface area (Å²) in [5, 5.41) is 0. The number of nitrogens with one attached hydrogen (secondary N) is 1. The molecule has 3 aromatic carbocycles. The Bertz CT molecular complexity index is 1180. The molecule has 0 fully saturated rings. The van der Waals surface area contributed by atoms with E-state index in [4.69, 9.17) is 4.74 Å². The molecule has 1 aliphatic carbocycles. The number of anilines is 1. The summed E-state index contributed by atoms with van der Waals surface area (Å²) in [5.41, 5.74) is 8.35. The van der Waals surface area contributed by atoms with Gasteiger partial charge in [0.25, 0.3) is 0 Å². The molecular formula is C25H27NO3S. The van der Waals surface area contributed by atoms with Crippen molar-refractivity contribution in [2.24, 2.45) is 0 Å². The van der Waals surface area contributed by atoms with Gasteiger partial charge >= 0.3 is 0 Å². The highest BCUT2D eigenvalue weighted by atomic mass is 32.2. The molecule has 0 bridgehead atoms. The normalized spacial score (nSPS) is 15.6. The zero-order valence-electron chi connectivity index (χ0n) is 17.6. The minimum Gasteiger partial charge on any atom is -0.497 e. The Morgan fingerprint density at radius 2 is 1.67 bits per heavy atom. The number of hydrogen-bond donors (Lipinski definition) is 1. The molecule has 0 unspecified atom stereocenters. The van der Waals surface area contributed by atoms with Crippen LogP contribution in [0, 0.1) is 6.92 Å².